The molecule has 5 heteroatoms. The maximum atomic E-state index is 6.15. The van der Waals surface area contributed by atoms with Gasteiger partial charge >= 0.3 is 0 Å². The summed E-state index contributed by atoms with van der Waals surface area (Å²) in [5.41, 5.74) is 0.962. The van der Waals surface area contributed by atoms with E-state index in [2.05, 4.69) is 29.1 Å². The van der Waals surface area contributed by atoms with Gasteiger partial charge in [-0.05, 0) is 25.5 Å². The van der Waals surface area contributed by atoms with Crippen molar-refractivity contribution in [2.75, 3.05) is 0 Å². The summed E-state index contributed by atoms with van der Waals surface area (Å²) in [7, 11) is 0. The van der Waals surface area contributed by atoms with Crippen molar-refractivity contribution in [2.45, 2.75) is 52.1 Å². The molecule has 1 atom stereocenters. The molecular weight excluding hydrogens is 274 g/mol. The quantitative estimate of drug-likeness (QED) is 0.780. The zero-order valence-electron chi connectivity index (χ0n) is 12.1. The largest absolute Gasteiger partial charge is 0.469 e. The average molecular weight is 296 g/mol. The van der Waals surface area contributed by atoms with Gasteiger partial charge in [-0.25, -0.2) is 4.98 Å². The summed E-state index contributed by atoms with van der Waals surface area (Å²) in [5, 5.41) is 4.01. The van der Waals surface area contributed by atoms with Crippen molar-refractivity contribution in [1.29, 1.82) is 0 Å². The summed E-state index contributed by atoms with van der Waals surface area (Å²) in [5.74, 6) is 1.97. The van der Waals surface area contributed by atoms with Crippen LogP contribution >= 0.6 is 11.6 Å². The molecule has 0 bridgehead atoms. The van der Waals surface area contributed by atoms with Crippen LogP contribution in [0.4, 0.5) is 0 Å². The van der Waals surface area contributed by atoms with Crippen molar-refractivity contribution < 1.29 is 4.42 Å². The van der Waals surface area contributed by atoms with Gasteiger partial charge in [0.25, 0.3) is 0 Å². The molecule has 2 aromatic rings. The number of aromatic nitrogens is 2. The van der Waals surface area contributed by atoms with Crippen LogP contribution in [0.1, 0.15) is 44.0 Å². The van der Waals surface area contributed by atoms with E-state index in [1.54, 1.807) is 6.26 Å². The molecule has 0 spiro atoms. The van der Waals surface area contributed by atoms with E-state index in [-0.39, 0.29) is 0 Å². The SMILES string of the molecule is CCCCc1nc(Cl)c(CNC(C)Cc2ccco2)[nH]1. The van der Waals surface area contributed by atoms with E-state index < -0.39 is 0 Å². The van der Waals surface area contributed by atoms with Gasteiger partial charge in [-0.1, -0.05) is 24.9 Å². The monoisotopic (exact) mass is 295 g/mol. The zero-order chi connectivity index (χ0) is 14.4. The fourth-order valence-electron chi connectivity index (χ4n) is 2.10. The number of aromatic amines is 1. The average Bonchev–Trinajstić information content (AvgIpc) is 3.04. The van der Waals surface area contributed by atoms with E-state index in [4.69, 9.17) is 16.0 Å². The van der Waals surface area contributed by atoms with Gasteiger partial charge in [-0.2, -0.15) is 0 Å². The lowest BCUT2D eigenvalue weighted by atomic mass is 10.2. The maximum absolute atomic E-state index is 6.15. The Bertz CT molecular complexity index is 507. The Morgan fingerprint density at radius 1 is 1.50 bits per heavy atom. The lowest BCUT2D eigenvalue weighted by molar-refractivity contribution is 0.455. The molecule has 110 valence electrons. The van der Waals surface area contributed by atoms with E-state index in [9.17, 15) is 0 Å². The van der Waals surface area contributed by atoms with Crippen molar-refractivity contribution in [2.24, 2.45) is 0 Å². The molecule has 0 aliphatic heterocycles. The highest BCUT2D eigenvalue weighted by Gasteiger charge is 2.10. The number of nitrogens with zero attached hydrogens (tertiary/aromatic N) is 1. The molecule has 0 saturated carbocycles. The summed E-state index contributed by atoms with van der Waals surface area (Å²) in [6.07, 6.45) is 5.81. The Morgan fingerprint density at radius 2 is 2.35 bits per heavy atom. The lowest BCUT2D eigenvalue weighted by Gasteiger charge is -2.11. The number of hydrogen-bond donors (Lipinski definition) is 2. The van der Waals surface area contributed by atoms with Gasteiger partial charge in [0.05, 0.1) is 12.0 Å². The minimum absolute atomic E-state index is 0.319. The molecule has 20 heavy (non-hydrogen) atoms. The third-order valence-electron chi connectivity index (χ3n) is 3.26. The van der Waals surface area contributed by atoms with Crippen LogP contribution in [-0.2, 0) is 19.4 Å². The van der Waals surface area contributed by atoms with Crippen molar-refractivity contribution in [3.05, 3.63) is 40.8 Å². The minimum atomic E-state index is 0.319. The molecule has 4 nitrogen and oxygen atoms in total. The first-order valence-corrected chi connectivity index (χ1v) is 7.55. The van der Waals surface area contributed by atoms with Crippen molar-refractivity contribution in [3.8, 4) is 0 Å². The molecule has 0 amide bonds. The number of aryl methyl sites for hydroxylation is 1. The van der Waals surface area contributed by atoms with E-state index in [1.807, 2.05) is 12.1 Å². The molecule has 0 saturated heterocycles. The third-order valence-corrected chi connectivity index (χ3v) is 3.57. The summed E-state index contributed by atoms with van der Waals surface area (Å²) in [4.78, 5) is 7.65. The molecule has 2 aromatic heterocycles. The van der Waals surface area contributed by atoms with Crippen LogP contribution < -0.4 is 5.32 Å². The molecule has 0 aliphatic carbocycles. The van der Waals surface area contributed by atoms with E-state index in [0.717, 1.165) is 43.0 Å². The molecule has 0 fully saturated rings. The highest BCUT2D eigenvalue weighted by molar-refractivity contribution is 6.30. The highest BCUT2D eigenvalue weighted by atomic mass is 35.5. The van der Waals surface area contributed by atoms with Crippen LogP contribution in [-0.4, -0.2) is 16.0 Å². The third kappa shape index (κ3) is 4.39. The van der Waals surface area contributed by atoms with E-state index >= 15 is 0 Å². The van der Waals surface area contributed by atoms with Crippen LogP contribution in [0.3, 0.4) is 0 Å². The number of rotatable bonds is 8. The lowest BCUT2D eigenvalue weighted by Crippen LogP contribution is -2.27. The number of hydrogen-bond acceptors (Lipinski definition) is 3. The molecular formula is C15H22ClN3O. The second-order valence-electron chi connectivity index (χ2n) is 5.12. The molecule has 0 aliphatic rings. The van der Waals surface area contributed by atoms with Gasteiger partial charge in [-0.3, -0.25) is 0 Å². The molecule has 2 rings (SSSR count). The van der Waals surface area contributed by atoms with Crippen LogP contribution in [0.5, 0.6) is 0 Å². The summed E-state index contributed by atoms with van der Waals surface area (Å²) >= 11 is 6.15. The summed E-state index contributed by atoms with van der Waals surface area (Å²) in [6, 6.07) is 4.22. The number of H-pyrrole nitrogens is 1. The first-order valence-electron chi connectivity index (χ1n) is 7.18. The Labute approximate surface area is 124 Å². The number of halogens is 1. The maximum Gasteiger partial charge on any atom is 0.151 e. The Balaban J connectivity index is 1.82. The van der Waals surface area contributed by atoms with Gasteiger partial charge < -0.3 is 14.7 Å². The fourth-order valence-corrected chi connectivity index (χ4v) is 2.31. The first kappa shape index (κ1) is 15.1. The first-order chi connectivity index (χ1) is 9.69. The van der Waals surface area contributed by atoms with Gasteiger partial charge in [0, 0.05) is 25.4 Å². The van der Waals surface area contributed by atoms with E-state index in [1.165, 1.54) is 0 Å². The van der Waals surface area contributed by atoms with Crippen molar-refractivity contribution in [1.82, 2.24) is 15.3 Å². The van der Waals surface area contributed by atoms with Gasteiger partial charge in [0.2, 0.25) is 0 Å². The number of unbranched alkanes of at least 4 members (excludes halogenated alkanes) is 1. The summed E-state index contributed by atoms with van der Waals surface area (Å²) in [6.45, 7) is 4.99. The predicted molar refractivity (Wildman–Crippen MR) is 80.9 cm³/mol. The molecule has 1 unspecified atom stereocenters. The summed E-state index contributed by atoms with van der Waals surface area (Å²) < 4.78 is 5.34. The fraction of sp³-hybridized carbons (Fsp3) is 0.533. The smallest absolute Gasteiger partial charge is 0.151 e. The number of imidazole rings is 1. The molecule has 2 N–H and O–H groups in total. The molecule has 2 heterocycles. The number of furan rings is 1. The normalized spacial score (nSPS) is 12.8. The van der Waals surface area contributed by atoms with Gasteiger partial charge in [0.1, 0.15) is 11.6 Å². The van der Waals surface area contributed by atoms with E-state index in [0.29, 0.717) is 17.7 Å². The van der Waals surface area contributed by atoms with Gasteiger partial charge in [-0.15, -0.1) is 0 Å². The second-order valence-corrected chi connectivity index (χ2v) is 5.48. The second kappa shape index (κ2) is 7.50. The van der Waals surface area contributed by atoms with Crippen molar-refractivity contribution >= 4 is 11.6 Å². The van der Waals surface area contributed by atoms with Crippen LogP contribution in [0.25, 0.3) is 0 Å². The van der Waals surface area contributed by atoms with Crippen LogP contribution in [0.2, 0.25) is 5.15 Å². The van der Waals surface area contributed by atoms with Crippen LogP contribution in [0.15, 0.2) is 22.8 Å². The number of nitrogens with one attached hydrogen (secondary N) is 2. The van der Waals surface area contributed by atoms with Crippen LogP contribution in [0, 0.1) is 0 Å². The highest BCUT2D eigenvalue weighted by Crippen LogP contribution is 2.14. The standard InChI is InChI=1S/C15H22ClN3O/c1-3-4-7-14-18-13(15(16)19-14)10-17-11(2)9-12-6-5-8-20-12/h5-6,8,11,17H,3-4,7,9-10H2,1-2H3,(H,18,19). The Hall–Kier alpha value is -1.26. The topological polar surface area (TPSA) is 53.9 Å². The van der Waals surface area contributed by atoms with Crippen molar-refractivity contribution in [3.63, 3.8) is 0 Å². The van der Waals surface area contributed by atoms with Gasteiger partial charge in [0.15, 0.2) is 5.15 Å². The molecule has 0 radical (unpaired) electrons. The Kier molecular flexibility index (Phi) is 5.68. The minimum Gasteiger partial charge on any atom is -0.469 e. The predicted octanol–water partition coefficient (Wildman–Crippen LogP) is 3.72. The zero-order valence-corrected chi connectivity index (χ0v) is 12.8. The molecule has 0 aromatic carbocycles. The Morgan fingerprint density at radius 3 is 3.05 bits per heavy atom.